The summed E-state index contributed by atoms with van der Waals surface area (Å²) < 4.78 is 18.4. The van der Waals surface area contributed by atoms with E-state index in [0.717, 1.165) is 38.5 Å². The summed E-state index contributed by atoms with van der Waals surface area (Å²) in [4.78, 5) is 0. The molecule has 0 N–H and O–H groups in total. The normalized spacial score (nSPS) is 11.1. The zero-order valence-electron chi connectivity index (χ0n) is 13.8. The molecule has 126 valence electrons. The van der Waals surface area contributed by atoms with Crippen molar-refractivity contribution in [2.24, 2.45) is 0 Å². The first kappa shape index (κ1) is 15.1. The molecule has 0 bridgehead atoms. The molecule has 5 rings (SSSR count). The third-order valence-electron chi connectivity index (χ3n) is 4.33. The van der Waals surface area contributed by atoms with Gasteiger partial charge >= 0.3 is 8.24 Å². The van der Waals surface area contributed by atoms with Crippen LogP contribution >= 0.6 is 8.24 Å². The van der Waals surface area contributed by atoms with Crippen LogP contribution in [0.25, 0.3) is 32.7 Å². The molecule has 3 nitrogen and oxygen atoms in total. The van der Waals surface area contributed by atoms with Crippen LogP contribution in [0.4, 0.5) is 0 Å². The lowest BCUT2D eigenvalue weighted by molar-refractivity contribution is 0.501. The molecule has 4 heteroatoms. The molecule has 5 aromatic rings. The van der Waals surface area contributed by atoms with Crippen LogP contribution in [0.1, 0.15) is 0 Å². The van der Waals surface area contributed by atoms with Crippen LogP contribution in [0.2, 0.25) is 0 Å². The monoisotopic (exact) mass is 358 g/mol. The van der Waals surface area contributed by atoms with Gasteiger partial charge in [0.25, 0.3) is 0 Å². The van der Waals surface area contributed by atoms with E-state index in [2.05, 4.69) is 12.1 Å². The maximum atomic E-state index is 6.18. The standard InChI is InChI=1S/C22H15O3P/c1-2-10-17-16(8-1)9-7-15-20(17)23-26-24-21-13-5-3-11-18(21)19-12-4-6-14-22(19)25-26/h1-15H. The average molecular weight is 358 g/mol. The fourth-order valence-corrected chi connectivity index (χ4v) is 4.18. The van der Waals surface area contributed by atoms with Gasteiger partial charge in [0.15, 0.2) is 0 Å². The lowest BCUT2D eigenvalue weighted by Crippen LogP contribution is -1.81. The van der Waals surface area contributed by atoms with Crippen LogP contribution in [0.15, 0.2) is 99.4 Å². The van der Waals surface area contributed by atoms with Crippen molar-refractivity contribution in [1.82, 2.24) is 0 Å². The summed E-state index contributed by atoms with van der Waals surface area (Å²) in [5.74, 6) is 0.756. The topological polar surface area (TPSA) is 35.5 Å². The van der Waals surface area contributed by atoms with Gasteiger partial charge in [-0.15, -0.1) is 0 Å². The molecule has 0 spiro atoms. The van der Waals surface area contributed by atoms with Gasteiger partial charge in [-0.1, -0.05) is 72.8 Å². The molecule has 0 atom stereocenters. The maximum absolute atomic E-state index is 6.18. The Bertz CT molecular complexity index is 1210. The summed E-state index contributed by atoms with van der Waals surface area (Å²) in [6, 6.07) is 30.0. The molecule has 4 aromatic carbocycles. The predicted octanol–water partition coefficient (Wildman–Crippen LogP) is 7.29. The summed E-state index contributed by atoms with van der Waals surface area (Å²) >= 11 is 0. The van der Waals surface area contributed by atoms with Gasteiger partial charge in [-0.05, 0) is 23.6 Å². The lowest BCUT2D eigenvalue weighted by Gasteiger charge is -2.05. The zero-order chi connectivity index (χ0) is 17.3. The summed E-state index contributed by atoms with van der Waals surface area (Å²) in [5.41, 5.74) is 1.53. The third kappa shape index (κ3) is 2.63. The molecule has 0 fully saturated rings. The highest BCUT2D eigenvalue weighted by atomic mass is 31.1. The molecule has 0 saturated heterocycles. The Kier molecular flexibility index (Phi) is 3.66. The van der Waals surface area contributed by atoms with Gasteiger partial charge in [0.2, 0.25) is 0 Å². The van der Waals surface area contributed by atoms with Crippen LogP contribution in [0, 0.1) is 0 Å². The molecule has 0 amide bonds. The van der Waals surface area contributed by atoms with E-state index in [0.29, 0.717) is 0 Å². The predicted molar refractivity (Wildman–Crippen MR) is 106 cm³/mol. The van der Waals surface area contributed by atoms with Crippen LogP contribution < -0.4 is 4.52 Å². The van der Waals surface area contributed by atoms with E-state index in [4.69, 9.17) is 12.9 Å². The van der Waals surface area contributed by atoms with E-state index >= 15 is 0 Å². The number of hydrogen-bond donors (Lipinski definition) is 0. The van der Waals surface area contributed by atoms with Crippen molar-refractivity contribution < 1.29 is 12.9 Å². The second-order valence-corrected chi connectivity index (χ2v) is 6.96. The molecule has 0 aliphatic carbocycles. The van der Waals surface area contributed by atoms with Crippen molar-refractivity contribution in [2.45, 2.75) is 0 Å². The van der Waals surface area contributed by atoms with E-state index < -0.39 is 8.24 Å². The van der Waals surface area contributed by atoms with Crippen molar-refractivity contribution in [3.05, 3.63) is 91.0 Å². The minimum Gasteiger partial charge on any atom is -0.390 e. The van der Waals surface area contributed by atoms with E-state index in [1.807, 2.05) is 78.9 Å². The number of fused-ring (bicyclic) bond motifs is 4. The van der Waals surface area contributed by atoms with Gasteiger partial charge in [-0.2, -0.15) is 0 Å². The molecule has 0 unspecified atom stereocenters. The maximum Gasteiger partial charge on any atom is 0.453 e. The molecule has 0 aliphatic rings. The Hall–Kier alpha value is -3.16. The Morgan fingerprint density at radius 3 is 1.77 bits per heavy atom. The number of rotatable bonds is 2. The third-order valence-corrected chi connectivity index (χ3v) is 5.37. The van der Waals surface area contributed by atoms with E-state index in [1.54, 1.807) is 0 Å². The molecular weight excluding hydrogens is 343 g/mol. The van der Waals surface area contributed by atoms with Crippen molar-refractivity contribution in [2.75, 3.05) is 0 Å². The highest BCUT2D eigenvalue weighted by Crippen LogP contribution is 2.38. The SMILES string of the molecule is c1ccc2c(Op3oc4ccccc4c4ccccc4o3)cccc2c1. The first-order valence-corrected chi connectivity index (χ1v) is 9.48. The highest BCUT2D eigenvalue weighted by molar-refractivity contribution is 7.32. The van der Waals surface area contributed by atoms with Gasteiger partial charge in [0.05, 0.1) is 0 Å². The highest BCUT2D eigenvalue weighted by Gasteiger charge is 2.09. The Morgan fingerprint density at radius 2 is 1.08 bits per heavy atom. The van der Waals surface area contributed by atoms with Crippen molar-refractivity contribution in [1.29, 1.82) is 0 Å². The lowest BCUT2D eigenvalue weighted by atomic mass is 10.1. The van der Waals surface area contributed by atoms with Gasteiger partial charge < -0.3 is 12.9 Å². The fraction of sp³-hybridized carbons (Fsp3) is 0. The Labute approximate surface area is 151 Å². The Balaban J connectivity index is 1.76. The number of benzene rings is 4. The van der Waals surface area contributed by atoms with Gasteiger partial charge in [0, 0.05) is 16.2 Å². The summed E-state index contributed by atoms with van der Waals surface area (Å²) in [5, 5.41) is 4.18. The molecule has 26 heavy (non-hydrogen) atoms. The van der Waals surface area contributed by atoms with Gasteiger partial charge in [-0.25, -0.2) is 0 Å². The smallest absolute Gasteiger partial charge is 0.390 e. The molecule has 1 heterocycles. The van der Waals surface area contributed by atoms with Crippen molar-refractivity contribution in [3.8, 4) is 5.75 Å². The summed E-state index contributed by atoms with van der Waals surface area (Å²) in [6.45, 7) is 0. The summed E-state index contributed by atoms with van der Waals surface area (Å²) in [7, 11) is -1.62. The first-order chi connectivity index (χ1) is 12.9. The Morgan fingerprint density at radius 1 is 0.538 bits per heavy atom. The number of hydrogen-bond acceptors (Lipinski definition) is 3. The van der Waals surface area contributed by atoms with Crippen molar-refractivity contribution >= 4 is 41.0 Å². The fourth-order valence-electron chi connectivity index (χ4n) is 3.11. The van der Waals surface area contributed by atoms with Crippen LogP contribution in [0.3, 0.4) is 0 Å². The summed E-state index contributed by atoms with van der Waals surface area (Å²) in [6.07, 6.45) is 0. The molecule has 1 aromatic heterocycles. The van der Waals surface area contributed by atoms with Gasteiger partial charge in [-0.3, -0.25) is 0 Å². The second-order valence-electron chi connectivity index (χ2n) is 5.97. The molecule has 0 saturated carbocycles. The first-order valence-electron chi connectivity index (χ1n) is 8.39. The van der Waals surface area contributed by atoms with Crippen LogP contribution in [-0.4, -0.2) is 0 Å². The second kappa shape index (κ2) is 6.29. The largest absolute Gasteiger partial charge is 0.453 e. The molecular formula is C22H15O3P. The van der Waals surface area contributed by atoms with E-state index in [-0.39, 0.29) is 0 Å². The minimum atomic E-state index is -1.62. The van der Waals surface area contributed by atoms with E-state index in [9.17, 15) is 0 Å². The van der Waals surface area contributed by atoms with Gasteiger partial charge in [0.1, 0.15) is 16.9 Å². The minimum absolute atomic E-state index is 0.756. The molecule has 0 aliphatic heterocycles. The van der Waals surface area contributed by atoms with E-state index in [1.165, 1.54) is 0 Å². The quantitative estimate of drug-likeness (QED) is 0.332. The van der Waals surface area contributed by atoms with Crippen molar-refractivity contribution in [3.63, 3.8) is 0 Å². The molecule has 0 radical (unpaired) electrons. The van der Waals surface area contributed by atoms with Crippen LogP contribution in [0.5, 0.6) is 5.75 Å². The average Bonchev–Trinajstić information content (AvgIpc) is 2.85. The number of para-hydroxylation sites is 2. The van der Waals surface area contributed by atoms with Crippen LogP contribution in [-0.2, 0) is 0 Å². The zero-order valence-corrected chi connectivity index (χ0v) is 14.7.